The van der Waals surface area contributed by atoms with E-state index in [1.807, 2.05) is 46.8 Å². The minimum absolute atomic E-state index is 0.0238. The number of thiophene rings is 1. The molecule has 3 aromatic rings. The molecule has 0 saturated heterocycles. The van der Waals surface area contributed by atoms with Crippen molar-refractivity contribution in [2.75, 3.05) is 7.11 Å². The first-order chi connectivity index (χ1) is 12.2. The van der Waals surface area contributed by atoms with Crippen LogP contribution in [0.15, 0.2) is 54.2 Å². The van der Waals surface area contributed by atoms with Crippen LogP contribution < -0.4 is 4.74 Å². The molecule has 0 bridgehead atoms. The number of carbonyl (C=O) groups is 1. The summed E-state index contributed by atoms with van der Waals surface area (Å²) in [7, 11) is 1.66. The van der Waals surface area contributed by atoms with Gasteiger partial charge in [0.2, 0.25) is 5.91 Å². The van der Waals surface area contributed by atoms with Crippen LogP contribution in [0.4, 0.5) is 0 Å². The monoisotopic (exact) mass is 353 g/mol. The fraction of sp³-hybridized carbons (Fsp3) is 0.263. The van der Waals surface area contributed by atoms with Gasteiger partial charge in [-0.05, 0) is 29.1 Å². The van der Waals surface area contributed by atoms with Crippen molar-refractivity contribution in [3.63, 3.8) is 0 Å². The number of carbonyl (C=O) groups excluding carboxylic acids is 1. The van der Waals surface area contributed by atoms with Crippen molar-refractivity contribution in [1.82, 2.24) is 14.5 Å². The van der Waals surface area contributed by atoms with Gasteiger partial charge in [0.05, 0.1) is 26.1 Å². The zero-order valence-corrected chi connectivity index (χ0v) is 14.8. The van der Waals surface area contributed by atoms with E-state index in [4.69, 9.17) is 4.74 Å². The SMILES string of the molecule is COc1cccc([C@H]2Cn3ccnc3CN2C(=O)Cc2cccs2)c1. The molecular formula is C19H19N3O2S. The predicted molar refractivity (Wildman–Crippen MR) is 96.5 cm³/mol. The molecule has 0 aliphatic carbocycles. The molecule has 0 N–H and O–H groups in total. The molecule has 5 nitrogen and oxygen atoms in total. The Labute approximate surface area is 150 Å². The minimum atomic E-state index is -0.0238. The number of methoxy groups -OCH3 is 1. The van der Waals surface area contributed by atoms with Crippen molar-refractivity contribution in [3.8, 4) is 5.75 Å². The lowest BCUT2D eigenvalue weighted by Gasteiger charge is -2.36. The van der Waals surface area contributed by atoms with E-state index in [-0.39, 0.29) is 11.9 Å². The van der Waals surface area contributed by atoms with E-state index in [1.54, 1.807) is 24.6 Å². The van der Waals surface area contributed by atoms with E-state index in [0.29, 0.717) is 19.5 Å². The molecule has 6 heteroatoms. The summed E-state index contributed by atoms with van der Waals surface area (Å²) in [5, 5.41) is 2.01. The molecule has 1 amide bonds. The van der Waals surface area contributed by atoms with Crippen molar-refractivity contribution >= 4 is 17.2 Å². The molecule has 0 spiro atoms. The van der Waals surface area contributed by atoms with E-state index in [1.165, 1.54) is 0 Å². The number of rotatable bonds is 4. The molecule has 1 aliphatic heterocycles. The van der Waals surface area contributed by atoms with Crippen LogP contribution in [0.25, 0.3) is 0 Å². The standard InChI is InChI=1S/C19H19N3O2S/c1-24-15-5-2-4-14(10-15)17-12-21-8-7-20-18(21)13-22(17)19(23)11-16-6-3-9-25-16/h2-10,17H,11-13H2,1H3/t17-/m1/s1. The molecule has 1 aliphatic rings. The topological polar surface area (TPSA) is 47.4 Å². The van der Waals surface area contributed by atoms with E-state index < -0.39 is 0 Å². The Bertz CT molecular complexity index is 872. The minimum Gasteiger partial charge on any atom is -0.497 e. The van der Waals surface area contributed by atoms with Gasteiger partial charge in [-0.25, -0.2) is 4.98 Å². The van der Waals surface area contributed by atoms with Gasteiger partial charge in [0.25, 0.3) is 0 Å². The van der Waals surface area contributed by atoms with Crippen molar-refractivity contribution in [2.24, 2.45) is 0 Å². The Balaban J connectivity index is 1.66. The summed E-state index contributed by atoms with van der Waals surface area (Å²) in [5.41, 5.74) is 1.08. The Morgan fingerprint density at radius 1 is 1.36 bits per heavy atom. The normalized spacial score (nSPS) is 16.5. The number of amides is 1. The molecule has 3 heterocycles. The first-order valence-electron chi connectivity index (χ1n) is 8.20. The van der Waals surface area contributed by atoms with Gasteiger partial charge < -0.3 is 14.2 Å². The Kier molecular flexibility index (Phi) is 4.28. The second-order valence-corrected chi connectivity index (χ2v) is 7.10. The molecule has 0 unspecified atom stereocenters. The molecule has 25 heavy (non-hydrogen) atoms. The first-order valence-corrected chi connectivity index (χ1v) is 9.08. The summed E-state index contributed by atoms with van der Waals surface area (Å²) in [5.74, 6) is 1.86. The third kappa shape index (κ3) is 3.17. The summed E-state index contributed by atoms with van der Waals surface area (Å²) < 4.78 is 7.48. The number of ether oxygens (including phenoxy) is 1. The highest BCUT2D eigenvalue weighted by molar-refractivity contribution is 7.10. The van der Waals surface area contributed by atoms with Crippen molar-refractivity contribution in [2.45, 2.75) is 25.6 Å². The Morgan fingerprint density at radius 3 is 3.08 bits per heavy atom. The molecule has 0 radical (unpaired) electrons. The molecule has 4 rings (SSSR count). The van der Waals surface area contributed by atoms with Crippen LogP contribution >= 0.6 is 11.3 Å². The largest absolute Gasteiger partial charge is 0.497 e. The van der Waals surface area contributed by atoms with E-state index in [2.05, 4.69) is 15.6 Å². The van der Waals surface area contributed by atoms with Gasteiger partial charge in [-0.15, -0.1) is 11.3 Å². The molecule has 0 fully saturated rings. The number of fused-ring (bicyclic) bond motifs is 1. The van der Waals surface area contributed by atoms with Crippen LogP contribution in [0.5, 0.6) is 5.75 Å². The van der Waals surface area contributed by atoms with Gasteiger partial charge in [-0.1, -0.05) is 18.2 Å². The fourth-order valence-electron chi connectivity index (χ4n) is 3.27. The fourth-order valence-corrected chi connectivity index (χ4v) is 3.96. The van der Waals surface area contributed by atoms with Crippen molar-refractivity contribution < 1.29 is 9.53 Å². The van der Waals surface area contributed by atoms with Crippen molar-refractivity contribution in [1.29, 1.82) is 0 Å². The highest BCUT2D eigenvalue weighted by Crippen LogP contribution is 2.31. The molecular weight excluding hydrogens is 334 g/mol. The second kappa shape index (κ2) is 6.72. The van der Waals surface area contributed by atoms with Crippen LogP contribution in [-0.2, 0) is 24.3 Å². The number of imidazole rings is 1. The maximum absolute atomic E-state index is 13.0. The average Bonchev–Trinajstić information content (AvgIpc) is 3.31. The first kappa shape index (κ1) is 15.9. The van der Waals surface area contributed by atoms with Gasteiger partial charge in [0.15, 0.2) is 0 Å². The smallest absolute Gasteiger partial charge is 0.228 e. The van der Waals surface area contributed by atoms with E-state index in [0.717, 1.165) is 22.0 Å². The van der Waals surface area contributed by atoms with Crippen LogP contribution in [0.1, 0.15) is 22.3 Å². The number of benzene rings is 1. The Hall–Kier alpha value is -2.60. The van der Waals surface area contributed by atoms with Gasteiger partial charge in [-0.2, -0.15) is 0 Å². The average molecular weight is 353 g/mol. The zero-order chi connectivity index (χ0) is 17.2. The number of hydrogen-bond donors (Lipinski definition) is 0. The van der Waals surface area contributed by atoms with Gasteiger partial charge in [0.1, 0.15) is 11.6 Å². The zero-order valence-electron chi connectivity index (χ0n) is 14.0. The molecule has 1 aromatic carbocycles. The van der Waals surface area contributed by atoms with Crippen molar-refractivity contribution in [3.05, 3.63) is 70.4 Å². The van der Waals surface area contributed by atoms with Crippen LogP contribution in [-0.4, -0.2) is 27.5 Å². The highest BCUT2D eigenvalue weighted by Gasteiger charge is 2.31. The highest BCUT2D eigenvalue weighted by atomic mass is 32.1. The summed E-state index contributed by atoms with van der Waals surface area (Å²) in [6.07, 6.45) is 4.20. The lowest BCUT2D eigenvalue weighted by Crippen LogP contribution is -2.41. The number of aromatic nitrogens is 2. The third-order valence-corrected chi connectivity index (χ3v) is 5.44. The molecule has 128 valence electrons. The predicted octanol–water partition coefficient (Wildman–Crippen LogP) is 3.28. The lowest BCUT2D eigenvalue weighted by molar-refractivity contribution is -0.135. The molecule has 2 aromatic heterocycles. The molecule has 1 atom stereocenters. The summed E-state index contributed by atoms with van der Waals surface area (Å²) >= 11 is 1.62. The number of hydrogen-bond acceptors (Lipinski definition) is 4. The summed E-state index contributed by atoms with van der Waals surface area (Å²) in [4.78, 5) is 20.4. The van der Waals surface area contributed by atoms with Crippen LogP contribution in [0.2, 0.25) is 0 Å². The number of nitrogens with zero attached hydrogens (tertiary/aromatic N) is 3. The maximum Gasteiger partial charge on any atom is 0.228 e. The second-order valence-electron chi connectivity index (χ2n) is 6.07. The van der Waals surface area contributed by atoms with Gasteiger partial charge in [0, 0.05) is 23.8 Å². The van der Waals surface area contributed by atoms with E-state index in [9.17, 15) is 4.79 Å². The summed E-state index contributed by atoms with van der Waals surface area (Å²) in [6, 6.07) is 11.9. The quantitative estimate of drug-likeness (QED) is 0.723. The van der Waals surface area contributed by atoms with Crippen LogP contribution in [0, 0.1) is 0 Å². The molecule has 0 saturated carbocycles. The van der Waals surface area contributed by atoms with Gasteiger partial charge >= 0.3 is 0 Å². The maximum atomic E-state index is 13.0. The van der Waals surface area contributed by atoms with Gasteiger partial charge in [-0.3, -0.25) is 4.79 Å². The third-order valence-electron chi connectivity index (χ3n) is 4.56. The summed E-state index contributed by atoms with van der Waals surface area (Å²) in [6.45, 7) is 1.23. The Morgan fingerprint density at radius 2 is 2.28 bits per heavy atom. The van der Waals surface area contributed by atoms with Crippen LogP contribution in [0.3, 0.4) is 0 Å². The van der Waals surface area contributed by atoms with E-state index >= 15 is 0 Å². The lowest BCUT2D eigenvalue weighted by atomic mass is 10.0.